The van der Waals surface area contributed by atoms with Crippen LogP contribution < -0.4 is 5.32 Å². The fourth-order valence-corrected chi connectivity index (χ4v) is 3.24. The van der Waals surface area contributed by atoms with Gasteiger partial charge in [-0.05, 0) is 43.4 Å². The largest absolute Gasteiger partial charge is 0.315 e. The Balaban J connectivity index is 1.94. The van der Waals surface area contributed by atoms with E-state index in [2.05, 4.69) is 48.3 Å². The monoisotopic (exact) mass is 274 g/mol. The van der Waals surface area contributed by atoms with Crippen molar-refractivity contribution in [3.05, 3.63) is 35.4 Å². The molecule has 1 unspecified atom stereocenters. The first kappa shape index (κ1) is 15.5. The first-order valence-corrected chi connectivity index (χ1v) is 8.36. The summed E-state index contributed by atoms with van der Waals surface area (Å²) in [5.74, 6) is 0. The molecular weight excluding hydrogens is 244 g/mol. The Morgan fingerprint density at radius 1 is 1.05 bits per heavy atom. The van der Waals surface area contributed by atoms with Crippen LogP contribution in [0.4, 0.5) is 0 Å². The maximum atomic E-state index is 3.62. The SMILES string of the molecule is CCCNCC(CCC)N1CCc2ccccc2CC1. The van der Waals surface area contributed by atoms with Crippen LogP contribution in [0.3, 0.4) is 0 Å². The second-order valence-electron chi connectivity index (χ2n) is 5.95. The molecule has 0 saturated carbocycles. The van der Waals surface area contributed by atoms with Gasteiger partial charge in [0.1, 0.15) is 0 Å². The maximum absolute atomic E-state index is 3.62. The van der Waals surface area contributed by atoms with Crippen molar-refractivity contribution in [3.63, 3.8) is 0 Å². The van der Waals surface area contributed by atoms with Crippen LogP contribution in [0.2, 0.25) is 0 Å². The molecule has 1 aromatic carbocycles. The lowest BCUT2D eigenvalue weighted by atomic mass is 10.0. The summed E-state index contributed by atoms with van der Waals surface area (Å²) in [4.78, 5) is 2.71. The van der Waals surface area contributed by atoms with Crippen LogP contribution >= 0.6 is 0 Å². The van der Waals surface area contributed by atoms with Gasteiger partial charge in [-0.25, -0.2) is 0 Å². The predicted octanol–water partition coefficient (Wildman–Crippen LogP) is 3.26. The van der Waals surface area contributed by atoms with Gasteiger partial charge < -0.3 is 5.32 Å². The molecule has 0 amide bonds. The van der Waals surface area contributed by atoms with E-state index in [0.29, 0.717) is 6.04 Å². The molecule has 1 aliphatic heterocycles. The molecule has 0 radical (unpaired) electrons. The van der Waals surface area contributed by atoms with Crippen LogP contribution in [0.5, 0.6) is 0 Å². The highest BCUT2D eigenvalue weighted by molar-refractivity contribution is 5.28. The lowest BCUT2D eigenvalue weighted by Gasteiger charge is -2.30. The lowest BCUT2D eigenvalue weighted by Crippen LogP contribution is -2.43. The topological polar surface area (TPSA) is 15.3 Å². The Morgan fingerprint density at radius 2 is 1.70 bits per heavy atom. The molecular formula is C18H30N2. The number of hydrogen-bond donors (Lipinski definition) is 1. The third-order valence-electron chi connectivity index (χ3n) is 4.40. The average molecular weight is 274 g/mol. The zero-order valence-electron chi connectivity index (χ0n) is 13.2. The van der Waals surface area contributed by atoms with Crippen molar-refractivity contribution in [1.29, 1.82) is 0 Å². The molecule has 2 rings (SSSR count). The molecule has 0 aliphatic carbocycles. The summed E-state index contributed by atoms with van der Waals surface area (Å²) in [6, 6.07) is 9.69. The standard InChI is InChI=1S/C18H30N2/c1-3-7-18(15-19-12-4-2)20-13-10-16-8-5-6-9-17(16)11-14-20/h5-6,8-9,18-19H,3-4,7,10-15H2,1-2H3. The normalized spacial score (nSPS) is 17.5. The number of rotatable bonds is 7. The molecule has 1 aliphatic rings. The molecule has 1 atom stereocenters. The summed E-state index contributed by atoms with van der Waals surface area (Å²) in [6.07, 6.45) is 6.24. The first-order valence-electron chi connectivity index (χ1n) is 8.36. The molecule has 0 bridgehead atoms. The van der Waals surface area contributed by atoms with Gasteiger partial charge in [-0.15, -0.1) is 0 Å². The van der Waals surface area contributed by atoms with Crippen LogP contribution in [0.1, 0.15) is 44.2 Å². The van der Waals surface area contributed by atoms with Crippen molar-refractivity contribution < 1.29 is 0 Å². The van der Waals surface area contributed by atoms with Gasteiger partial charge in [-0.3, -0.25) is 4.90 Å². The zero-order valence-corrected chi connectivity index (χ0v) is 13.2. The van der Waals surface area contributed by atoms with Gasteiger partial charge in [0.2, 0.25) is 0 Å². The molecule has 1 N–H and O–H groups in total. The summed E-state index contributed by atoms with van der Waals surface area (Å²) in [5.41, 5.74) is 3.12. The van der Waals surface area contributed by atoms with E-state index in [1.807, 2.05) is 0 Å². The first-order chi connectivity index (χ1) is 9.85. The third-order valence-corrected chi connectivity index (χ3v) is 4.40. The van der Waals surface area contributed by atoms with Crippen LogP contribution in [-0.2, 0) is 12.8 Å². The number of hydrogen-bond acceptors (Lipinski definition) is 2. The molecule has 0 spiro atoms. The highest BCUT2D eigenvalue weighted by atomic mass is 15.2. The van der Waals surface area contributed by atoms with Gasteiger partial charge in [0, 0.05) is 25.7 Å². The molecule has 2 nitrogen and oxygen atoms in total. The highest BCUT2D eigenvalue weighted by Crippen LogP contribution is 2.18. The second kappa shape index (κ2) is 8.43. The van der Waals surface area contributed by atoms with E-state index < -0.39 is 0 Å². The van der Waals surface area contributed by atoms with Crippen LogP contribution in [-0.4, -0.2) is 37.1 Å². The van der Waals surface area contributed by atoms with Crippen LogP contribution in [0.15, 0.2) is 24.3 Å². The number of nitrogens with zero attached hydrogens (tertiary/aromatic N) is 1. The van der Waals surface area contributed by atoms with Gasteiger partial charge in [-0.1, -0.05) is 44.5 Å². The number of fused-ring (bicyclic) bond motifs is 1. The number of nitrogens with one attached hydrogen (secondary N) is 1. The van der Waals surface area contributed by atoms with Crippen LogP contribution in [0.25, 0.3) is 0 Å². The minimum atomic E-state index is 0.709. The summed E-state index contributed by atoms with van der Waals surface area (Å²) in [7, 11) is 0. The van der Waals surface area contributed by atoms with E-state index in [4.69, 9.17) is 0 Å². The Hall–Kier alpha value is -0.860. The molecule has 1 heterocycles. The minimum Gasteiger partial charge on any atom is -0.315 e. The molecule has 112 valence electrons. The smallest absolute Gasteiger partial charge is 0.0220 e. The molecule has 0 saturated heterocycles. The van der Waals surface area contributed by atoms with E-state index >= 15 is 0 Å². The van der Waals surface area contributed by atoms with E-state index in [9.17, 15) is 0 Å². The fraction of sp³-hybridized carbons (Fsp3) is 0.667. The van der Waals surface area contributed by atoms with Gasteiger partial charge in [0.05, 0.1) is 0 Å². The maximum Gasteiger partial charge on any atom is 0.0220 e. The van der Waals surface area contributed by atoms with Crippen molar-refractivity contribution >= 4 is 0 Å². The van der Waals surface area contributed by atoms with E-state index in [1.165, 1.54) is 45.2 Å². The Kier molecular flexibility index (Phi) is 6.55. The van der Waals surface area contributed by atoms with Crippen molar-refractivity contribution in [2.45, 2.75) is 52.0 Å². The molecule has 0 fully saturated rings. The van der Waals surface area contributed by atoms with Crippen LogP contribution in [0, 0.1) is 0 Å². The third kappa shape index (κ3) is 4.32. The van der Waals surface area contributed by atoms with Gasteiger partial charge >= 0.3 is 0 Å². The van der Waals surface area contributed by atoms with E-state index in [1.54, 1.807) is 11.1 Å². The van der Waals surface area contributed by atoms with E-state index in [-0.39, 0.29) is 0 Å². The Morgan fingerprint density at radius 3 is 2.25 bits per heavy atom. The van der Waals surface area contributed by atoms with Crippen molar-refractivity contribution in [2.75, 3.05) is 26.2 Å². The fourth-order valence-electron chi connectivity index (χ4n) is 3.24. The van der Waals surface area contributed by atoms with Crippen molar-refractivity contribution in [3.8, 4) is 0 Å². The van der Waals surface area contributed by atoms with Gasteiger partial charge in [-0.2, -0.15) is 0 Å². The average Bonchev–Trinajstić information content (AvgIpc) is 2.69. The van der Waals surface area contributed by atoms with Gasteiger partial charge in [0.25, 0.3) is 0 Å². The van der Waals surface area contributed by atoms with Crippen molar-refractivity contribution in [1.82, 2.24) is 10.2 Å². The van der Waals surface area contributed by atoms with Crippen molar-refractivity contribution in [2.24, 2.45) is 0 Å². The molecule has 20 heavy (non-hydrogen) atoms. The Labute approximate surface area is 124 Å². The lowest BCUT2D eigenvalue weighted by molar-refractivity contribution is 0.189. The molecule has 0 aromatic heterocycles. The second-order valence-corrected chi connectivity index (χ2v) is 5.95. The van der Waals surface area contributed by atoms with Gasteiger partial charge in [0.15, 0.2) is 0 Å². The molecule has 2 heteroatoms. The zero-order chi connectivity index (χ0) is 14.2. The Bertz CT molecular complexity index is 362. The predicted molar refractivity (Wildman–Crippen MR) is 87.3 cm³/mol. The van der Waals surface area contributed by atoms with E-state index in [0.717, 1.165) is 13.1 Å². The minimum absolute atomic E-state index is 0.709. The number of benzene rings is 1. The quantitative estimate of drug-likeness (QED) is 0.768. The summed E-state index contributed by atoms with van der Waals surface area (Å²) in [5, 5.41) is 3.62. The summed E-state index contributed by atoms with van der Waals surface area (Å²) < 4.78 is 0. The summed E-state index contributed by atoms with van der Waals surface area (Å²) in [6.45, 7) is 9.28. The summed E-state index contributed by atoms with van der Waals surface area (Å²) >= 11 is 0. The highest BCUT2D eigenvalue weighted by Gasteiger charge is 2.20. The molecule has 1 aromatic rings.